The molecule has 0 radical (unpaired) electrons. The van der Waals surface area contributed by atoms with Crippen molar-refractivity contribution in [2.24, 2.45) is 16.8 Å². The average Bonchev–Trinajstić information content (AvgIpc) is 3.73. The SMILES string of the molecule is Cc1cc(/C=C/CC=O)ccc1CC1=C(C(C)C)CN=C1O[C@@H]1O[C@H](COC(=O)c2ccccc2)[C@@H](OC(=O)c2ccccc2)[C@H](OC(=O)c2ccccc2)[C@H]1CC(=O)c1ccccc1. The standard InChI is InChI=1S/C54H51NO10/c1-35(2)45-33-55-50(43(45)31-42-28-27-37(30-36(42)3)18-16-17-29-56)65-54-44(32-46(57)38-19-8-4-9-20-38)48(63-52(59)40-23-12-6-13-24-40)49(64-53(60)41-25-14-7-15-26-41)47(62-54)34-61-51(58)39-21-10-5-11-22-39/h4-16,18-30,35,44,47-49,54H,17,31-34H2,1-3H3/b18-16+/t44-,47-,48-,49-,54+/m1/s1. The first kappa shape index (κ1) is 45.8. The van der Waals surface area contributed by atoms with E-state index in [1.54, 1.807) is 121 Å². The van der Waals surface area contributed by atoms with Gasteiger partial charge in [-0.1, -0.05) is 129 Å². The molecule has 0 unspecified atom stereocenters. The zero-order valence-corrected chi connectivity index (χ0v) is 36.5. The summed E-state index contributed by atoms with van der Waals surface area (Å²) in [4.78, 5) is 71.7. The molecule has 1 fully saturated rings. The first-order valence-electron chi connectivity index (χ1n) is 21.7. The summed E-state index contributed by atoms with van der Waals surface area (Å²) in [5.74, 6) is -3.16. The number of esters is 3. The molecule has 11 nitrogen and oxygen atoms in total. The van der Waals surface area contributed by atoms with Gasteiger partial charge >= 0.3 is 17.9 Å². The Kier molecular flexibility index (Phi) is 15.4. The molecule has 1 saturated heterocycles. The van der Waals surface area contributed by atoms with Crippen molar-refractivity contribution in [3.8, 4) is 0 Å². The molecular weight excluding hydrogens is 823 g/mol. The number of carbonyl (C=O) groups is 5. The fourth-order valence-electron chi connectivity index (χ4n) is 7.92. The molecule has 65 heavy (non-hydrogen) atoms. The van der Waals surface area contributed by atoms with Gasteiger partial charge in [0.15, 0.2) is 18.0 Å². The molecule has 5 atom stereocenters. The molecule has 5 aromatic carbocycles. The van der Waals surface area contributed by atoms with Crippen LogP contribution in [0.25, 0.3) is 6.08 Å². The molecule has 0 aromatic heterocycles. The lowest BCUT2D eigenvalue weighted by molar-refractivity contribution is -0.262. The molecule has 0 spiro atoms. The Bertz CT molecular complexity index is 2550. The second-order valence-corrected chi connectivity index (χ2v) is 16.2. The van der Waals surface area contributed by atoms with E-state index < -0.39 is 55.0 Å². The molecule has 2 aliphatic rings. The van der Waals surface area contributed by atoms with Crippen LogP contribution < -0.4 is 0 Å². The minimum Gasteiger partial charge on any atom is -0.459 e. The predicted molar refractivity (Wildman–Crippen MR) is 245 cm³/mol. The van der Waals surface area contributed by atoms with Gasteiger partial charge in [-0.3, -0.25) is 4.79 Å². The second-order valence-electron chi connectivity index (χ2n) is 16.2. The Hall–Kier alpha value is -7.24. The van der Waals surface area contributed by atoms with Crippen molar-refractivity contribution >= 4 is 42.0 Å². The quantitative estimate of drug-likeness (QED) is 0.0384. The van der Waals surface area contributed by atoms with Gasteiger partial charge in [-0.15, -0.1) is 0 Å². The van der Waals surface area contributed by atoms with E-state index in [2.05, 4.69) is 19.9 Å². The highest BCUT2D eigenvalue weighted by molar-refractivity contribution is 5.98. The molecule has 2 aliphatic heterocycles. The summed E-state index contributed by atoms with van der Waals surface area (Å²) >= 11 is 0. The zero-order valence-electron chi connectivity index (χ0n) is 36.5. The third-order valence-corrected chi connectivity index (χ3v) is 11.4. The minimum atomic E-state index is -1.40. The van der Waals surface area contributed by atoms with Gasteiger partial charge in [0.1, 0.15) is 19.0 Å². The number of rotatable bonds is 17. The van der Waals surface area contributed by atoms with Crippen LogP contribution in [0.1, 0.15) is 84.8 Å². The fraction of sp³-hybridized carbons (Fsp3) is 0.259. The number of aldehydes is 1. The van der Waals surface area contributed by atoms with Gasteiger partial charge in [0, 0.05) is 30.4 Å². The largest absolute Gasteiger partial charge is 0.459 e. The summed E-state index contributed by atoms with van der Waals surface area (Å²) in [5, 5.41) is 0. The topological polar surface area (TPSA) is 144 Å². The van der Waals surface area contributed by atoms with Crippen LogP contribution in [0.5, 0.6) is 0 Å². The van der Waals surface area contributed by atoms with Gasteiger partial charge in [0.2, 0.25) is 12.2 Å². The zero-order chi connectivity index (χ0) is 45.7. The summed E-state index contributed by atoms with van der Waals surface area (Å²) < 4.78 is 32.1. The van der Waals surface area contributed by atoms with Crippen LogP contribution >= 0.6 is 0 Å². The molecule has 7 rings (SSSR count). The third kappa shape index (κ3) is 11.7. The van der Waals surface area contributed by atoms with Crippen molar-refractivity contribution < 1.29 is 47.7 Å². The normalized spacial score (nSPS) is 19.4. The van der Waals surface area contributed by atoms with E-state index in [1.165, 1.54) is 0 Å². The lowest BCUT2D eigenvalue weighted by Crippen LogP contribution is -2.60. The van der Waals surface area contributed by atoms with E-state index in [0.717, 1.165) is 34.1 Å². The highest BCUT2D eigenvalue weighted by Crippen LogP contribution is 2.38. The number of hydrogen-bond acceptors (Lipinski definition) is 11. The van der Waals surface area contributed by atoms with Crippen LogP contribution in [-0.4, -0.2) is 73.6 Å². The number of ketones is 1. The lowest BCUT2D eigenvalue weighted by atomic mass is 9.85. The van der Waals surface area contributed by atoms with Crippen molar-refractivity contribution in [3.63, 3.8) is 0 Å². The van der Waals surface area contributed by atoms with E-state index in [1.807, 2.05) is 31.2 Å². The van der Waals surface area contributed by atoms with Gasteiger partial charge in [-0.25, -0.2) is 19.4 Å². The van der Waals surface area contributed by atoms with Crippen LogP contribution in [0.4, 0.5) is 0 Å². The number of Topliss-reactive ketones (excluding diaryl/α,β-unsaturated/α-hetero) is 1. The molecule has 2 heterocycles. The summed E-state index contributed by atoms with van der Waals surface area (Å²) in [5.41, 5.74) is 6.02. The molecule has 0 bridgehead atoms. The smallest absolute Gasteiger partial charge is 0.338 e. The number of nitrogens with zero attached hydrogens (tertiary/aromatic N) is 1. The molecule has 11 heteroatoms. The van der Waals surface area contributed by atoms with E-state index >= 15 is 0 Å². The Labute approximate surface area is 378 Å². The second kappa shape index (κ2) is 21.9. The minimum absolute atomic E-state index is 0.0925. The number of ether oxygens (including phenoxy) is 5. The molecule has 0 amide bonds. The molecule has 0 N–H and O–H groups in total. The average molecular weight is 874 g/mol. The van der Waals surface area contributed by atoms with Crippen molar-refractivity contribution in [1.82, 2.24) is 0 Å². The van der Waals surface area contributed by atoms with E-state index in [9.17, 15) is 24.0 Å². The molecule has 0 saturated carbocycles. The summed E-state index contributed by atoms with van der Waals surface area (Å²) in [6.07, 6.45) is -0.292. The number of benzene rings is 5. The number of allylic oxidation sites excluding steroid dienone is 1. The van der Waals surface area contributed by atoms with E-state index in [-0.39, 0.29) is 40.7 Å². The maximum absolute atomic E-state index is 14.3. The Morgan fingerprint density at radius 2 is 1.28 bits per heavy atom. The molecule has 0 aliphatic carbocycles. The molecular formula is C54H51NO10. The van der Waals surface area contributed by atoms with E-state index in [4.69, 9.17) is 28.7 Å². The van der Waals surface area contributed by atoms with Crippen LogP contribution in [0.2, 0.25) is 0 Å². The predicted octanol–water partition coefficient (Wildman–Crippen LogP) is 9.44. The maximum atomic E-state index is 14.3. The number of aliphatic imine (C=N–C) groups is 1. The number of hydrogen-bond donors (Lipinski definition) is 0. The van der Waals surface area contributed by atoms with Crippen molar-refractivity contribution in [2.75, 3.05) is 13.2 Å². The third-order valence-electron chi connectivity index (χ3n) is 11.4. The van der Waals surface area contributed by atoms with Crippen LogP contribution in [0.15, 0.2) is 162 Å². The Balaban J connectivity index is 1.30. The fourth-order valence-corrected chi connectivity index (χ4v) is 7.92. The monoisotopic (exact) mass is 873 g/mol. The summed E-state index contributed by atoms with van der Waals surface area (Å²) in [7, 11) is 0. The van der Waals surface area contributed by atoms with Gasteiger partial charge < -0.3 is 28.5 Å². The Morgan fingerprint density at radius 3 is 1.83 bits per heavy atom. The van der Waals surface area contributed by atoms with Gasteiger partial charge in [0.25, 0.3) is 0 Å². The van der Waals surface area contributed by atoms with Crippen molar-refractivity contribution in [2.45, 2.75) is 64.6 Å². The van der Waals surface area contributed by atoms with E-state index in [0.29, 0.717) is 24.9 Å². The van der Waals surface area contributed by atoms with Crippen LogP contribution in [0, 0.1) is 18.8 Å². The lowest BCUT2D eigenvalue weighted by Gasteiger charge is -2.45. The van der Waals surface area contributed by atoms with Gasteiger partial charge in [-0.2, -0.15) is 0 Å². The van der Waals surface area contributed by atoms with Crippen LogP contribution in [-0.2, 0) is 34.9 Å². The van der Waals surface area contributed by atoms with Gasteiger partial charge in [0.05, 0.1) is 29.2 Å². The first-order chi connectivity index (χ1) is 31.6. The summed E-state index contributed by atoms with van der Waals surface area (Å²) in [6.45, 7) is 6.10. The van der Waals surface area contributed by atoms with Crippen molar-refractivity contribution in [1.29, 1.82) is 0 Å². The highest BCUT2D eigenvalue weighted by atomic mass is 16.7. The summed E-state index contributed by atoms with van der Waals surface area (Å²) in [6, 6.07) is 39.8. The first-order valence-corrected chi connectivity index (χ1v) is 21.7. The Morgan fingerprint density at radius 1 is 0.723 bits per heavy atom. The number of aryl methyl sites for hydroxylation is 1. The number of carbonyl (C=O) groups excluding carboxylic acids is 5. The van der Waals surface area contributed by atoms with Crippen LogP contribution in [0.3, 0.4) is 0 Å². The van der Waals surface area contributed by atoms with Crippen molar-refractivity contribution in [3.05, 3.63) is 196 Å². The molecule has 5 aromatic rings. The van der Waals surface area contributed by atoms with Gasteiger partial charge in [-0.05, 0) is 71.5 Å². The highest BCUT2D eigenvalue weighted by Gasteiger charge is 2.53. The maximum Gasteiger partial charge on any atom is 0.338 e. The molecule has 332 valence electrons.